The zero-order valence-corrected chi connectivity index (χ0v) is 24.2. The molecule has 1 aliphatic rings. The predicted octanol–water partition coefficient (Wildman–Crippen LogP) is 5.93. The molecule has 0 aliphatic carbocycles. The van der Waals surface area contributed by atoms with E-state index in [-0.39, 0.29) is 30.9 Å². The molecule has 3 heterocycles. The van der Waals surface area contributed by atoms with Crippen LogP contribution in [0.4, 0.5) is 0 Å². The lowest BCUT2D eigenvalue weighted by Gasteiger charge is -2.32. The van der Waals surface area contributed by atoms with Gasteiger partial charge >= 0.3 is 5.97 Å². The van der Waals surface area contributed by atoms with Gasteiger partial charge in [-0.3, -0.25) is 9.88 Å². The van der Waals surface area contributed by atoms with Crippen molar-refractivity contribution >= 4 is 28.6 Å². The van der Waals surface area contributed by atoms with Crippen LogP contribution in [-0.4, -0.2) is 56.9 Å². The van der Waals surface area contributed by atoms with Gasteiger partial charge in [0.05, 0.1) is 17.7 Å². The smallest absolute Gasteiger partial charge is 0.340 e. The molecule has 2 aromatic heterocycles. The molecular formula is C32H37N3O4S. The molecule has 8 heteroatoms. The third-order valence-electron chi connectivity index (χ3n) is 7.80. The van der Waals surface area contributed by atoms with E-state index in [9.17, 15) is 15.0 Å². The van der Waals surface area contributed by atoms with Gasteiger partial charge in [-0.05, 0) is 75.0 Å². The second kappa shape index (κ2) is 12.5. The van der Waals surface area contributed by atoms with Gasteiger partial charge in [-0.15, -0.1) is 11.8 Å². The molecule has 0 radical (unpaired) electrons. The molecule has 0 bridgehead atoms. The van der Waals surface area contributed by atoms with Crippen LogP contribution in [0.1, 0.15) is 46.9 Å². The normalized spacial score (nSPS) is 15.9. The molecule has 2 aromatic carbocycles. The number of carbonyl (C=O) groups is 1. The van der Waals surface area contributed by atoms with Crippen LogP contribution in [0.25, 0.3) is 22.0 Å². The molecule has 0 spiro atoms. The Balaban J connectivity index is 1.69. The van der Waals surface area contributed by atoms with Crippen molar-refractivity contribution < 1.29 is 19.7 Å². The fourth-order valence-corrected chi connectivity index (χ4v) is 6.63. The average molecular weight is 560 g/mol. The van der Waals surface area contributed by atoms with E-state index in [4.69, 9.17) is 4.74 Å². The van der Waals surface area contributed by atoms with E-state index in [0.717, 1.165) is 53.0 Å². The van der Waals surface area contributed by atoms with Crippen LogP contribution in [0.15, 0.2) is 59.8 Å². The molecule has 1 aliphatic heterocycles. The quantitative estimate of drug-likeness (QED) is 0.194. The molecule has 4 aromatic rings. The first kappa shape index (κ1) is 28.2. The highest BCUT2D eigenvalue weighted by Crippen LogP contribution is 2.43. The zero-order valence-electron chi connectivity index (χ0n) is 23.4. The number of aliphatic hydroxyl groups excluding tert-OH is 1. The van der Waals surface area contributed by atoms with Gasteiger partial charge in [0.1, 0.15) is 5.75 Å². The summed E-state index contributed by atoms with van der Waals surface area (Å²) >= 11 is 1.67. The van der Waals surface area contributed by atoms with Crippen LogP contribution in [-0.2, 0) is 24.1 Å². The van der Waals surface area contributed by atoms with Gasteiger partial charge in [-0.1, -0.05) is 17.7 Å². The van der Waals surface area contributed by atoms with Crippen molar-refractivity contribution in [3.63, 3.8) is 0 Å². The maximum Gasteiger partial charge on any atom is 0.340 e. The summed E-state index contributed by atoms with van der Waals surface area (Å²) < 4.78 is 7.67. The van der Waals surface area contributed by atoms with Gasteiger partial charge in [0, 0.05) is 72.0 Å². The summed E-state index contributed by atoms with van der Waals surface area (Å²) in [4.78, 5) is 21.1. The number of likely N-dealkylation sites (tertiary alicyclic amines) is 1. The standard InChI is InChI=1S/C32H37N3O4S/c1-4-39-32(38)30-28(20-40-24-9-7-21(2)8-10-24)34(3)27-16-25(23-11-13-33-14-12-23)31(37)26(29(27)30)18-35-15-5-6-22(17-35)19-36/h7-14,16,22,36-37H,4-6,15,17-20H2,1-3H3. The number of rotatable bonds is 9. The molecule has 0 saturated carbocycles. The second-order valence-electron chi connectivity index (χ2n) is 10.5. The van der Waals surface area contributed by atoms with Crippen LogP contribution in [0.5, 0.6) is 5.75 Å². The molecule has 210 valence electrons. The molecule has 2 N–H and O–H groups in total. The van der Waals surface area contributed by atoms with Gasteiger partial charge < -0.3 is 19.5 Å². The lowest BCUT2D eigenvalue weighted by atomic mass is 9.94. The van der Waals surface area contributed by atoms with Crippen LogP contribution >= 0.6 is 11.8 Å². The summed E-state index contributed by atoms with van der Waals surface area (Å²) in [5, 5.41) is 22.4. The Morgan fingerprint density at radius 3 is 2.62 bits per heavy atom. The van der Waals surface area contributed by atoms with E-state index in [1.54, 1.807) is 24.2 Å². The Morgan fingerprint density at radius 1 is 1.18 bits per heavy atom. The maximum absolute atomic E-state index is 13.6. The highest BCUT2D eigenvalue weighted by molar-refractivity contribution is 7.98. The summed E-state index contributed by atoms with van der Waals surface area (Å²) in [5.41, 5.74) is 5.73. The number of piperidine rings is 1. The molecular weight excluding hydrogens is 522 g/mol. The van der Waals surface area contributed by atoms with E-state index in [0.29, 0.717) is 29.0 Å². The molecule has 5 rings (SSSR count). The number of benzene rings is 2. The first-order valence-corrected chi connectivity index (χ1v) is 14.9. The molecule has 1 atom stereocenters. The fraction of sp³-hybridized carbons (Fsp3) is 0.375. The van der Waals surface area contributed by atoms with Crippen LogP contribution in [0.2, 0.25) is 0 Å². The number of thioether (sulfide) groups is 1. The van der Waals surface area contributed by atoms with Crippen molar-refractivity contribution in [2.24, 2.45) is 13.0 Å². The van der Waals surface area contributed by atoms with Gasteiger partial charge in [0.2, 0.25) is 0 Å². The topological polar surface area (TPSA) is 87.8 Å². The predicted molar refractivity (Wildman–Crippen MR) is 160 cm³/mol. The Hall–Kier alpha value is -3.33. The SMILES string of the molecule is CCOC(=O)c1c(CSc2ccc(C)cc2)n(C)c2cc(-c3ccncc3)c(O)c(CN3CCCC(CO)C3)c12. The Morgan fingerprint density at radius 2 is 1.93 bits per heavy atom. The van der Waals surface area contributed by atoms with Gasteiger partial charge in [0.25, 0.3) is 0 Å². The molecule has 1 fully saturated rings. The number of phenolic OH excluding ortho intramolecular Hbond substituents is 1. The highest BCUT2D eigenvalue weighted by atomic mass is 32.2. The van der Waals surface area contributed by atoms with E-state index >= 15 is 0 Å². The number of aromatic hydroxyl groups is 1. The summed E-state index contributed by atoms with van der Waals surface area (Å²) in [6.07, 6.45) is 5.41. The van der Waals surface area contributed by atoms with Crippen molar-refractivity contribution in [2.75, 3.05) is 26.3 Å². The lowest BCUT2D eigenvalue weighted by molar-refractivity contribution is 0.0527. The number of hydrogen-bond acceptors (Lipinski definition) is 7. The third kappa shape index (κ3) is 5.75. The molecule has 1 saturated heterocycles. The van der Waals surface area contributed by atoms with Gasteiger partial charge in [-0.2, -0.15) is 0 Å². The monoisotopic (exact) mass is 559 g/mol. The average Bonchev–Trinajstić information content (AvgIpc) is 3.25. The van der Waals surface area contributed by atoms with E-state index in [1.807, 2.05) is 32.2 Å². The van der Waals surface area contributed by atoms with E-state index in [1.165, 1.54) is 5.56 Å². The van der Waals surface area contributed by atoms with Crippen molar-refractivity contribution in [2.45, 2.75) is 43.9 Å². The third-order valence-corrected chi connectivity index (χ3v) is 8.82. The summed E-state index contributed by atoms with van der Waals surface area (Å²) in [6, 6.07) is 14.1. The molecule has 7 nitrogen and oxygen atoms in total. The number of hydrogen-bond donors (Lipinski definition) is 2. The zero-order chi connectivity index (χ0) is 28.2. The Kier molecular flexibility index (Phi) is 8.78. The lowest BCUT2D eigenvalue weighted by Crippen LogP contribution is -2.36. The number of aryl methyl sites for hydroxylation is 2. The number of aliphatic hydroxyl groups is 1. The fourth-order valence-electron chi connectivity index (χ4n) is 5.66. The number of pyridine rings is 1. The maximum atomic E-state index is 13.6. The number of esters is 1. The van der Waals surface area contributed by atoms with E-state index in [2.05, 4.69) is 45.6 Å². The number of fused-ring (bicyclic) bond motifs is 1. The summed E-state index contributed by atoms with van der Waals surface area (Å²) in [6.45, 7) is 6.38. The minimum absolute atomic E-state index is 0.148. The summed E-state index contributed by atoms with van der Waals surface area (Å²) in [5.74, 6) is 0.566. The highest BCUT2D eigenvalue weighted by Gasteiger charge is 2.29. The molecule has 1 unspecified atom stereocenters. The largest absolute Gasteiger partial charge is 0.507 e. The first-order valence-electron chi connectivity index (χ1n) is 13.9. The van der Waals surface area contributed by atoms with Gasteiger partial charge in [-0.25, -0.2) is 4.79 Å². The first-order chi connectivity index (χ1) is 19.4. The van der Waals surface area contributed by atoms with Crippen LogP contribution in [0.3, 0.4) is 0 Å². The minimum atomic E-state index is -0.378. The molecule has 40 heavy (non-hydrogen) atoms. The number of phenols is 1. The Labute approximate surface area is 239 Å². The molecule has 0 amide bonds. The number of ether oxygens (including phenoxy) is 1. The number of carbonyl (C=O) groups excluding carboxylic acids is 1. The van der Waals surface area contributed by atoms with Crippen LogP contribution in [0, 0.1) is 12.8 Å². The van der Waals surface area contributed by atoms with Crippen molar-refractivity contribution in [1.82, 2.24) is 14.5 Å². The van der Waals surface area contributed by atoms with Gasteiger partial charge in [0.15, 0.2) is 0 Å². The summed E-state index contributed by atoms with van der Waals surface area (Å²) in [7, 11) is 1.98. The minimum Gasteiger partial charge on any atom is -0.507 e. The van der Waals surface area contributed by atoms with E-state index < -0.39 is 0 Å². The van der Waals surface area contributed by atoms with Crippen molar-refractivity contribution in [1.29, 1.82) is 0 Å². The number of aromatic nitrogens is 2. The number of nitrogens with zero attached hydrogens (tertiary/aromatic N) is 3. The van der Waals surface area contributed by atoms with Crippen molar-refractivity contribution in [3.8, 4) is 16.9 Å². The van der Waals surface area contributed by atoms with Crippen LogP contribution < -0.4 is 0 Å². The second-order valence-corrected chi connectivity index (χ2v) is 11.6. The van der Waals surface area contributed by atoms with Crippen molar-refractivity contribution in [3.05, 3.63) is 77.2 Å². The Bertz CT molecular complexity index is 1480.